The quantitative estimate of drug-likeness (QED) is 0.901. The average molecular weight is 345 g/mol. The van der Waals surface area contributed by atoms with Gasteiger partial charge < -0.3 is 10.5 Å². The zero-order valence-electron chi connectivity index (χ0n) is 10.2. The summed E-state index contributed by atoms with van der Waals surface area (Å²) in [5, 5.41) is 0.315. The molecule has 0 spiro atoms. The summed E-state index contributed by atoms with van der Waals surface area (Å²) in [6, 6.07) is 9.22. The molecule has 0 aromatic heterocycles. The molecule has 1 unspecified atom stereocenters. The Morgan fingerprint density at radius 3 is 2.63 bits per heavy atom. The van der Waals surface area contributed by atoms with Gasteiger partial charge in [-0.15, -0.1) is 0 Å². The van der Waals surface area contributed by atoms with Crippen molar-refractivity contribution in [3.63, 3.8) is 0 Å². The van der Waals surface area contributed by atoms with E-state index in [4.69, 9.17) is 22.1 Å². The number of hydrogen-bond acceptors (Lipinski definition) is 2. The molecule has 2 nitrogen and oxygen atoms in total. The van der Waals surface area contributed by atoms with Crippen LogP contribution in [-0.4, -0.2) is 7.11 Å². The van der Waals surface area contributed by atoms with E-state index in [0.29, 0.717) is 10.8 Å². The highest BCUT2D eigenvalue weighted by Crippen LogP contribution is 2.34. The first kappa shape index (κ1) is 14.3. The summed E-state index contributed by atoms with van der Waals surface area (Å²) in [6.45, 7) is 0. The summed E-state index contributed by atoms with van der Waals surface area (Å²) in [7, 11) is 1.58. The molecule has 0 heterocycles. The van der Waals surface area contributed by atoms with Gasteiger partial charge in [-0.05, 0) is 29.8 Å². The second-order valence-corrected chi connectivity index (χ2v) is 5.26. The standard InChI is InChI=1S/C14H12BrClFNO/c1-19-8-5-6-9(10(15)7-8)14(18)13-11(16)3-2-4-12(13)17/h2-7,14H,18H2,1H3. The van der Waals surface area contributed by atoms with E-state index in [2.05, 4.69) is 15.9 Å². The molecule has 0 aliphatic rings. The lowest BCUT2D eigenvalue weighted by Gasteiger charge is -2.17. The molecule has 100 valence electrons. The number of benzene rings is 2. The van der Waals surface area contributed by atoms with Gasteiger partial charge in [0.15, 0.2) is 0 Å². The average Bonchev–Trinajstić information content (AvgIpc) is 2.38. The first-order valence-electron chi connectivity index (χ1n) is 5.57. The second-order valence-electron chi connectivity index (χ2n) is 4.00. The SMILES string of the molecule is COc1ccc(C(N)c2c(F)cccc2Cl)c(Br)c1. The maximum atomic E-state index is 13.9. The molecule has 1 atom stereocenters. The molecule has 2 rings (SSSR count). The highest BCUT2D eigenvalue weighted by molar-refractivity contribution is 9.10. The lowest BCUT2D eigenvalue weighted by molar-refractivity contribution is 0.414. The molecule has 19 heavy (non-hydrogen) atoms. The molecule has 0 bridgehead atoms. The predicted octanol–water partition coefficient (Wildman–Crippen LogP) is 4.30. The Bertz CT molecular complexity index is 586. The fourth-order valence-electron chi connectivity index (χ4n) is 1.85. The minimum atomic E-state index is -0.644. The summed E-state index contributed by atoms with van der Waals surface area (Å²) in [5.41, 5.74) is 7.15. The van der Waals surface area contributed by atoms with Gasteiger partial charge in [-0.2, -0.15) is 0 Å². The Morgan fingerprint density at radius 2 is 2.05 bits per heavy atom. The molecule has 0 saturated heterocycles. The van der Waals surface area contributed by atoms with Crippen LogP contribution in [0.4, 0.5) is 4.39 Å². The third-order valence-electron chi connectivity index (χ3n) is 2.85. The zero-order valence-corrected chi connectivity index (χ0v) is 12.5. The number of rotatable bonds is 3. The Kier molecular flexibility index (Phi) is 4.45. The number of nitrogens with two attached hydrogens (primary N) is 1. The van der Waals surface area contributed by atoms with Crippen LogP contribution >= 0.6 is 27.5 Å². The van der Waals surface area contributed by atoms with Crippen molar-refractivity contribution in [2.24, 2.45) is 5.73 Å². The van der Waals surface area contributed by atoms with Crippen LogP contribution in [0.3, 0.4) is 0 Å². The van der Waals surface area contributed by atoms with E-state index in [1.54, 1.807) is 37.4 Å². The zero-order chi connectivity index (χ0) is 14.0. The van der Waals surface area contributed by atoms with E-state index in [1.807, 2.05) is 0 Å². The van der Waals surface area contributed by atoms with Crippen molar-refractivity contribution < 1.29 is 9.13 Å². The minimum absolute atomic E-state index is 0.287. The number of ether oxygens (including phenoxy) is 1. The van der Waals surface area contributed by atoms with Gasteiger partial charge in [0.2, 0.25) is 0 Å². The lowest BCUT2D eigenvalue weighted by atomic mass is 9.99. The Balaban J connectivity index is 2.47. The summed E-state index contributed by atoms with van der Waals surface area (Å²) in [4.78, 5) is 0. The van der Waals surface area contributed by atoms with Crippen molar-refractivity contribution in [1.82, 2.24) is 0 Å². The van der Waals surface area contributed by atoms with Crippen LogP contribution < -0.4 is 10.5 Å². The van der Waals surface area contributed by atoms with Gasteiger partial charge in [-0.3, -0.25) is 0 Å². The monoisotopic (exact) mass is 343 g/mol. The van der Waals surface area contributed by atoms with Crippen molar-refractivity contribution in [3.05, 3.63) is 62.8 Å². The second kappa shape index (κ2) is 5.90. The van der Waals surface area contributed by atoms with Crippen LogP contribution in [0.2, 0.25) is 5.02 Å². The molecule has 2 aromatic carbocycles. The number of hydrogen-bond donors (Lipinski definition) is 1. The predicted molar refractivity (Wildman–Crippen MR) is 78.1 cm³/mol. The van der Waals surface area contributed by atoms with Crippen LogP contribution in [0.15, 0.2) is 40.9 Å². The number of halogens is 3. The first-order valence-corrected chi connectivity index (χ1v) is 6.74. The fourth-order valence-corrected chi connectivity index (χ4v) is 2.74. The summed E-state index contributed by atoms with van der Waals surface area (Å²) < 4.78 is 19.7. The first-order chi connectivity index (χ1) is 9.04. The lowest BCUT2D eigenvalue weighted by Crippen LogP contribution is -2.15. The molecule has 2 aromatic rings. The topological polar surface area (TPSA) is 35.2 Å². The molecule has 0 radical (unpaired) electrons. The van der Waals surface area contributed by atoms with Crippen LogP contribution in [0.5, 0.6) is 5.75 Å². The number of methoxy groups -OCH3 is 1. The summed E-state index contributed by atoms with van der Waals surface area (Å²) in [6.07, 6.45) is 0. The molecule has 0 amide bonds. The van der Waals surface area contributed by atoms with E-state index in [1.165, 1.54) is 6.07 Å². The molecule has 0 aliphatic heterocycles. The van der Waals surface area contributed by atoms with Crippen LogP contribution in [0.1, 0.15) is 17.2 Å². The van der Waals surface area contributed by atoms with E-state index in [-0.39, 0.29) is 5.56 Å². The Hall–Kier alpha value is -1.10. The van der Waals surface area contributed by atoms with Crippen molar-refractivity contribution in [2.45, 2.75) is 6.04 Å². The Morgan fingerprint density at radius 1 is 1.32 bits per heavy atom. The van der Waals surface area contributed by atoms with Crippen molar-refractivity contribution in [2.75, 3.05) is 7.11 Å². The van der Waals surface area contributed by atoms with Crippen molar-refractivity contribution in [3.8, 4) is 5.75 Å². The van der Waals surface area contributed by atoms with Crippen LogP contribution in [0.25, 0.3) is 0 Å². The van der Waals surface area contributed by atoms with Crippen molar-refractivity contribution >= 4 is 27.5 Å². The molecule has 0 fully saturated rings. The van der Waals surface area contributed by atoms with E-state index < -0.39 is 11.9 Å². The van der Waals surface area contributed by atoms with E-state index >= 15 is 0 Å². The van der Waals surface area contributed by atoms with Gasteiger partial charge in [0.25, 0.3) is 0 Å². The van der Waals surface area contributed by atoms with Crippen LogP contribution in [0, 0.1) is 5.82 Å². The largest absolute Gasteiger partial charge is 0.497 e. The van der Waals surface area contributed by atoms with Gasteiger partial charge >= 0.3 is 0 Å². The summed E-state index contributed by atoms with van der Waals surface area (Å²) in [5.74, 6) is 0.283. The molecule has 0 aliphatic carbocycles. The van der Waals surface area contributed by atoms with Gasteiger partial charge in [0.05, 0.1) is 13.2 Å². The summed E-state index contributed by atoms with van der Waals surface area (Å²) >= 11 is 9.43. The minimum Gasteiger partial charge on any atom is -0.497 e. The third kappa shape index (κ3) is 2.91. The van der Waals surface area contributed by atoms with Gasteiger partial charge in [0.1, 0.15) is 11.6 Å². The highest BCUT2D eigenvalue weighted by atomic mass is 79.9. The molecule has 2 N–H and O–H groups in total. The Labute approximate surface area is 124 Å². The molecule has 5 heteroatoms. The maximum absolute atomic E-state index is 13.9. The third-order valence-corrected chi connectivity index (χ3v) is 3.87. The fraction of sp³-hybridized carbons (Fsp3) is 0.143. The van der Waals surface area contributed by atoms with Gasteiger partial charge in [-0.25, -0.2) is 4.39 Å². The highest BCUT2D eigenvalue weighted by Gasteiger charge is 2.19. The van der Waals surface area contributed by atoms with E-state index in [9.17, 15) is 4.39 Å². The molecular weight excluding hydrogens is 333 g/mol. The van der Waals surface area contributed by atoms with Gasteiger partial charge in [0, 0.05) is 15.1 Å². The molecule has 0 saturated carbocycles. The maximum Gasteiger partial charge on any atom is 0.129 e. The van der Waals surface area contributed by atoms with E-state index in [0.717, 1.165) is 10.0 Å². The molecular formula is C14H12BrClFNO. The normalized spacial score (nSPS) is 12.3. The smallest absolute Gasteiger partial charge is 0.129 e. The van der Waals surface area contributed by atoms with Crippen molar-refractivity contribution in [1.29, 1.82) is 0 Å². The van der Waals surface area contributed by atoms with Crippen LogP contribution in [-0.2, 0) is 0 Å². The van der Waals surface area contributed by atoms with Gasteiger partial charge in [-0.1, -0.05) is 39.7 Å².